The van der Waals surface area contributed by atoms with Gasteiger partial charge in [-0.3, -0.25) is 4.79 Å². The highest BCUT2D eigenvalue weighted by Gasteiger charge is 2.20. The van der Waals surface area contributed by atoms with E-state index in [1.165, 1.54) is 0 Å². The van der Waals surface area contributed by atoms with Crippen LogP contribution in [0.3, 0.4) is 0 Å². The Labute approximate surface area is 72.7 Å². The van der Waals surface area contributed by atoms with Gasteiger partial charge in [0.15, 0.2) is 0 Å². The molecule has 12 heavy (non-hydrogen) atoms. The van der Waals surface area contributed by atoms with Crippen molar-refractivity contribution in [3.63, 3.8) is 0 Å². The molecule has 0 aromatic rings. The summed E-state index contributed by atoms with van der Waals surface area (Å²) in [5, 5.41) is 8.68. The number of aliphatic carboxylic acids is 1. The molecule has 3 heteroatoms. The first-order chi connectivity index (χ1) is 5.70. The Morgan fingerprint density at radius 3 is 2.67 bits per heavy atom. The number of hydrogen-bond donors (Lipinski definition) is 1. The second kappa shape index (κ2) is 4.45. The Kier molecular flexibility index (Phi) is 3.53. The Bertz CT molecular complexity index is 150. The molecular formula is C9H16O3. The molecule has 0 aromatic heterocycles. The molecule has 0 amide bonds. The van der Waals surface area contributed by atoms with E-state index >= 15 is 0 Å². The first kappa shape index (κ1) is 9.52. The third kappa shape index (κ3) is 2.81. The van der Waals surface area contributed by atoms with Crippen LogP contribution >= 0.6 is 0 Å². The Morgan fingerprint density at radius 1 is 1.58 bits per heavy atom. The second-order valence-electron chi connectivity index (χ2n) is 3.53. The van der Waals surface area contributed by atoms with E-state index in [1.807, 2.05) is 0 Å². The molecule has 1 N–H and O–H groups in total. The number of carbonyl (C=O) groups is 1. The summed E-state index contributed by atoms with van der Waals surface area (Å²) in [5.74, 6) is -0.320. The van der Waals surface area contributed by atoms with Gasteiger partial charge in [-0.05, 0) is 25.2 Å². The number of rotatable bonds is 3. The summed E-state index contributed by atoms with van der Waals surface area (Å²) in [5.41, 5.74) is 0. The fraction of sp³-hybridized carbons (Fsp3) is 0.889. The summed E-state index contributed by atoms with van der Waals surface area (Å²) in [4.78, 5) is 10.5. The minimum atomic E-state index is -0.679. The van der Waals surface area contributed by atoms with Gasteiger partial charge in [-0.1, -0.05) is 6.92 Å². The van der Waals surface area contributed by atoms with Crippen molar-refractivity contribution >= 4 is 5.97 Å². The maximum Gasteiger partial charge on any atom is 0.306 e. The molecule has 0 radical (unpaired) electrons. The molecular weight excluding hydrogens is 156 g/mol. The Balaban J connectivity index is 2.24. The van der Waals surface area contributed by atoms with Crippen molar-refractivity contribution in [1.29, 1.82) is 0 Å². The molecule has 1 fully saturated rings. The molecule has 0 bridgehead atoms. The van der Waals surface area contributed by atoms with Crippen LogP contribution in [0.5, 0.6) is 0 Å². The number of carboxylic acids is 1. The SMILES string of the molecule is C[C@H](CC1CCOCC1)C(=O)O. The van der Waals surface area contributed by atoms with Crippen molar-refractivity contribution in [3.8, 4) is 0 Å². The summed E-state index contributed by atoms with van der Waals surface area (Å²) in [6, 6.07) is 0. The van der Waals surface area contributed by atoms with Crippen molar-refractivity contribution < 1.29 is 14.6 Å². The Hall–Kier alpha value is -0.570. The predicted molar refractivity (Wildman–Crippen MR) is 45.0 cm³/mol. The zero-order chi connectivity index (χ0) is 8.97. The number of hydrogen-bond acceptors (Lipinski definition) is 2. The molecule has 0 aliphatic carbocycles. The standard InChI is InChI=1S/C9H16O3/c1-7(9(10)11)6-8-2-4-12-5-3-8/h7-8H,2-6H2,1H3,(H,10,11)/t7-/m1/s1. The lowest BCUT2D eigenvalue weighted by Crippen LogP contribution is -2.21. The van der Waals surface area contributed by atoms with Crippen LogP contribution < -0.4 is 0 Å². The van der Waals surface area contributed by atoms with E-state index in [0.717, 1.165) is 32.5 Å². The average molecular weight is 172 g/mol. The third-order valence-electron chi connectivity index (χ3n) is 2.45. The quantitative estimate of drug-likeness (QED) is 0.702. The third-order valence-corrected chi connectivity index (χ3v) is 2.45. The lowest BCUT2D eigenvalue weighted by atomic mass is 9.90. The van der Waals surface area contributed by atoms with E-state index in [0.29, 0.717) is 5.92 Å². The predicted octanol–water partition coefficient (Wildman–Crippen LogP) is 1.52. The van der Waals surface area contributed by atoms with Crippen molar-refractivity contribution in [3.05, 3.63) is 0 Å². The van der Waals surface area contributed by atoms with Crippen LogP contribution in [0.4, 0.5) is 0 Å². The molecule has 0 aromatic carbocycles. The van der Waals surface area contributed by atoms with Gasteiger partial charge >= 0.3 is 5.97 Å². The molecule has 0 saturated carbocycles. The van der Waals surface area contributed by atoms with Crippen LogP contribution in [0, 0.1) is 11.8 Å². The van der Waals surface area contributed by atoms with Crippen molar-refractivity contribution in [2.45, 2.75) is 26.2 Å². The first-order valence-electron chi connectivity index (χ1n) is 4.50. The van der Waals surface area contributed by atoms with E-state index in [9.17, 15) is 4.79 Å². The maximum atomic E-state index is 10.5. The summed E-state index contributed by atoms with van der Waals surface area (Å²) < 4.78 is 5.19. The fourth-order valence-electron chi connectivity index (χ4n) is 1.58. The molecule has 1 saturated heterocycles. The van der Waals surface area contributed by atoms with E-state index in [1.54, 1.807) is 6.92 Å². The van der Waals surface area contributed by atoms with Crippen LogP contribution in [-0.2, 0) is 9.53 Å². The van der Waals surface area contributed by atoms with E-state index in [-0.39, 0.29) is 5.92 Å². The lowest BCUT2D eigenvalue weighted by Gasteiger charge is -2.23. The molecule has 0 spiro atoms. The number of carboxylic acid groups (broad SMARTS) is 1. The van der Waals surface area contributed by atoms with Gasteiger partial charge in [0.2, 0.25) is 0 Å². The Morgan fingerprint density at radius 2 is 2.17 bits per heavy atom. The van der Waals surface area contributed by atoms with Crippen LogP contribution in [0.1, 0.15) is 26.2 Å². The summed E-state index contributed by atoms with van der Waals surface area (Å²) in [7, 11) is 0. The highest BCUT2D eigenvalue weighted by molar-refractivity contribution is 5.69. The summed E-state index contributed by atoms with van der Waals surface area (Å²) in [6.45, 7) is 3.38. The first-order valence-corrected chi connectivity index (χ1v) is 4.50. The smallest absolute Gasteiger partial charge is 0.306 e. The van der Waals surface area contributed by atoms with Crippen molar-refractivity contribution in [2.75, 3.05) is 13.2 Å². The van der Waals surface area contributed by atoms with Crippen LogP contribution in [0.25, 0.3) is 0 Å². The van der Waals surface area contributed by atoms with Crippen LogP contribution in [0.15, 0.2) is 0 Å². The summed E-state index contributed by atoms with van der Waals surface area (Å²) >= 11 is 0. The minimum Gasteiger partial charge on any atom is -0.481 e. The largest absolute Gasteiger partial charge is 0.481 e. The summed E-state index contributed by atoms with van der Waals surface area (Å²) in [6.07, 6.45) is 2.86. The topological polar surface area (TPSA) is 46.5 Å². The van der Waals surface area contributed by atoms with Crippen LogP contribution in [-0.4, -0.2) is 24.3 Å². The molecule has 1 atom stereocenters. The van der Waals surface area contributed by atoms with Gasteiger partial charge in [0.05, 0.1) is 5.92 Å². The average Bonchev–Trinajstić information content (AvgIpc) is 2.06. The highest BCUT2D eigenvalue weighted by atomic mass is 16.5. The molecule has 1 aliphatic heterocycles. The molecule has 1 aliphatic rings. The highest BCUT2D eigenvalue weighted by Crippen LogP contribution is 2.22. The van der Waals surface area contributed by atoms with E-state index in [4.69, 9.17) is 9.84 Å². The van der Waals surface area contributed by atoms with Gasteiger partial charge in [0, 0.05) is 13.2 Å². The van der Waals surface area contributed by atoms with Crippen LogP contribution in [0.2, 0.25) is 0 Å². The van der Waals surface area contributed by atoms with E-state index < -0.39 is 5.97 Å². The molecule has 3 nitrogen and oxygen atoms in total. The molecule has 1 heterocycles. The van der Waals surface area contributed by atoms with Gasteiger partial charge in [0.1, 0.15) is 0 Å². The molecule has 70 valence electrons. The maximum absolute atomic E-state index is 10.5. The minimum absolute atomic E-state index is 0.201. The van der Waals surface area contributed by atoms with Crippen molar-refractivity contribution in [1.82, 2.24) is 0 Å². The zero-order valence-corrected chi connectivity index (χ0v) is 7.45. The normalized spacial score (nSPS) is 22.1. The van der Waals surface area contributed by atoms with Gasteiger partial charge in [0.25, 0.3) is 0 Å². The molecule has 1 rings (SSSR count). The zero-order valence-electron chi connectivity index (χ0n) is 7.45. The van der Waals surface area contributed by atoms with Gasteiger partial charge in [-0.25, -0.2) is 0 Å². The fourth-order valence-corrected chi connectivity index (χ4v) is 1.58. The van der Waals surface area contributed by atoms with Gasteiger partial charge < -0.3 is 9.84 Å². The van der Waals surface area contributed by atoms with E-state index in [2.05, 4.69) is 0 Å². The monoisotopic (exact) mass is 172 g/mol. The van der Waals surface area contributed by atoms with Crippen molar-refractivity contribution in [2.24, 2.45) is 11.8 Å². The number of ether oxygens (including phenoxy) is 1. The molecule has 0 unspecified atom stereocenters. The van der Waals surface area contributed by atoms with Gasteiger partial charge in [-0.15, -0.1) is 0 Å². The lowest BCUT2D eigenvalue weighted by molar-refractivity contribution is -0.142. The van der Waals surface area contributed by atoms with Gasteiger partial charge in [-0.2, -0.15) is 0 Å². The second-order valence-corrected chi connectivity index (χ2v) is 3.53.